The Kier molecular flexibility index (Phi) is 8.89. The molecule has 4 atom stereocenters. The van der Waals surface area contributed by atoms with Gasteiger partial charge in [-0.25, -0.2) is 4.98 Å². The third-order valence-corrected chi connectivity index (χ3v) is 8.97. The first-order valence-electron chi connectivity index (χ1n) is 15.1. The van der Waals surface area contributed by atoms with E-state index < -0.39 is 0 Å². The van der Waals surface area contributed by atoms with Gasteiger partial charge in [0.15, 0.2) is 5.82 Å². The molecule has 0 spiro atoms. The molecule has 220 valence electrons. The molecule has 2 aromatic carbocycles. The van der Waals surface area contributed by atoms with E-state index in [4.69, 9.17) is 35.8 Å². The summed E-state index contributed by atoms with van der Waals surface area (Å²) in [7, 11) is 1.69. The van der Waals surface area contributed by atoms with Crippen molar-refractivity contribution < 1.29 is 14.2 Å². The van der Waals surface area contributed by atoms with E-state index in [9.17, 15) is 0 Å². The summed E-state index contributed by atoms with van der Waals surface area (Å²) in [5, 5.41) is 0.221. The number of hydrogen-bond acceptors (Lipinski definition) is 7. The molecule has 1 saturated heterocycles. The number of aromatic nitrogens is 3. The number of benzene rings is 2. The molecule has 7 nitrogen and oxygen atoms in total. The monoisotopic (exact) mass is 586 g/mol. The van der Waals surface area contributed by atoms with Crippen molar-refractivity contribution in [3.63, 3.8) is 0 Å². The molecule has 3 heterocycles. The van der Waals surface area contributed by atoms with Crippen molar-refractivity contribution in [3.05, 3.63) is 88.8 Å². The first-order valence-corrected chi connectivity index (χ1v) is 15.5. The Labute approximate surface area is 253 Å². The van der Waals surface area contributed by atoms with Crippen LogP contribution >= 0.6 is 11.6 Å². The largest absolute Gasteiger partial charge is 0.497 e. The normalized spacial score (nSPS) is 22.6. The van der Waals surface area contributed by atoms with Gasteiger partial charge in [0.25, 0.3) is 0 Å². The van der Waals surface area contributed by atoms with Crippen molar-refractivity contribution in [1.82, 2.24) is 15.0 Å². The minimum atomic E-state index is -0.243. The van der Waals surface area contributed by atoms with Crippen LogP contribution in [0.4, 0.5) is 5.82 Å². The molecule has 0 unspecified atom stereocenters. The van der Waals surface area contributed by atoms with Gasteiger partial charge in [-0.15, -0.1) is 0 Å². The summed E-state index contributed by atoms with van der Waals surface area (Å²) in [5.74, 6) is 1.87. The molecule has 2 aliphatic rings. The molecule has 1 aliphatic carbocycles. The lowest BCUT2D eigenvalue weighted by Gasteiger charge is -2.31. The fraction of sp³-hybridized carbons (Fsp3) is 0.441. The molecule has 0 radical (unpaired) electrons. The quantitative estimate of drug-likeness (QED) is 0.176. The van der Waals surface area contributed by atoms with Crippen LogP contribution in [0.2, 0.25) is 5.28 Å². The van der Waals surface area contributed by atoms with Crippen LogP contribution in [0.3, 0.4) is 0 Å². The lowest BCUT2D eigenvalue weighted by Crippen LogP contribution is -2.34. The zero-order valence-corrected chi connectivity index (χ0v) is 25.3. The van der Waals surface area contributed by atoms with E-state index in [0.29, 0.717) is 19.2 Å². The molecular weight excluding hydrogens is 548 g/mol. The van der Waals surface area contributed by atoms with E-state index in [0.717, 1.165) is 53.0 Å². The third kappa shape index (κ3) is 6.10. The number of halogens is 1. The number of rotatable bonds is 10. The van der Waals surface area contributed by atoms with Crippen LogP contribution in [0.25, 0.3) is 11.0 Å². The smallest absolute Gasteiger partial charge is 0.225 e. The molecule has 42 heavy (non-hydrogen) atoms. The molecule has 2 aromatic heterocycles. The Morgan fingerprint density at radius 2 is 1.76 bits per heavy atom. The van der Waals surface area contributed by atoms with Gasteiger partial charge in [0.2, 0.25) is 5.28 Å². The highest BCUT2D eigenvalue weighted by Crippen LogP contribution is 2.42. The Bertz CT molecular complexity index is 1480. The number of hydrogen-bond donors (Lipinski definition) is 0. The zero-order chi connectivity index (χ0) is 29.1. The highest BCUT2D eigenvalue weighted by molar-refractivity contribution is 6.28. The molecular formula is C34H39ClN4O3. The number of ether oxygens (including phenoxy) is 3. The Balaban J connectivity index is 1.33. The minimum absolute atomic E-state index is 0.101. The second kappa shape index (κ2) is 12.9. The second-order valence-corrected chi connectivity index (χ2v) is 11.8. The summed E-state index contributed by atoms with van der Waals surface area (Å²) in [4.78, 5) is 16.7. The maximum absolute atomic E-state index is 6.60. The summed E-state index contributed by atoms with van der Waals surface area (Å²) in [6, 6.07) is 20.9. The van der Waals surface area contributed by atoms with Crippen molar-refractivity contribution in [1.29, 1.82) is 0 Å². The molecule has 0 amide bonds. The highest BCUT2D eigenvalue weighted by atomic mass is 35.5. The van der Waals surface area contributed by atoms with Crippen LogP contribution < -0.4 is 9.64 Å². The Morgan fingerprint density at radius 3 is 2.48 bits per heavy atom. The van der Waals surface area contributed by atoms with Gasteiger partial charge in [0.1, 0.15) is 17.4 Å². The Hall–Kier alpha value is -3.26. The van der Waals surface area contributed by atoms with Crippen molar-refractivity contribution >= 4 is 28.5 Å². The number of anilines is 1. The predicted octanol–water partition coefficient (Wildman–Crippen LogP) is 7.71. The maximum Gasteiger partial charge on any atom is 0.225 e. The third-order valence-electron chi connectivity index (χ3n) is 8.80. The van der Waals surface area contributed by atoms with Gasteiger partial charge in [-0.3, -0.25) is 4.98 Å². The topological polar surface area (TPSA) is 69.6 Å². The molecule has 0 N–H and O–H groups in total. The van der Waals surface area contributed by atoms with Gasteiger partial charge in [-0.1, -0.05) is 69.2 Å². The van der Waals surface area contributed by atoms with Crippen LogP contribution in [-0.4, -0.2) is 40.3 Å². The number of fused-ring (bicyclic) bond motifs is 1. The summed E-state index contributed by atoms with van der Waals surface area (Å²) in [6.45, 7) is 5.62. The molecule has 6 rings (SSSR count). The lowest BCUT2D eigenvalue weighted by molar-refractivity contribution is -0.0337. The number of methoxy groups -OCH3 is 1. The van der Waals surface area contributed by atoms with Crippen LogP contribution in [0, 0.1) is 5.92 Å². The zero-order valence-electron chi connectivity index (χ0n) is 24.6. The fourth-order valence-corrected chi connectivity index (χ4v) is 6.66. The van der Waals surface area contributed by atoms with E-state index in [1.165, 1.54) is 18.4 Å². The molecule has 0 bridgehead atoms. The van der Waals surface area contributed by atoms with Gasteiger partial charge in [-0.2, -0.15) is 4.98 Å². The molecule has 1 saturated carbocycles. The molecule has 4 aromatic rings. The van der Waals surface area contributed by atoms with Gasteiger partial charge in [0.05, 0.1) is 31.4 Å². The van der Waals surface area contributed by atoms with Gasteiger partial charge < -0.3 is 19.1 Å². The highest BCUT2D eigenvalue weighted by Gasteiger charge is 2.43. The summed E-state index contributed by atoms with van der Waals surface area (Å²) < 4.78 is 18.5. The van der Waals surface area contributed by atoms with Gasteiger partial charge >= 0.3 is 0 Å². The van der Waals surface area contributed by atoms with Crippen LogP contribution in [0.15, 0.2) is 66.9 Å². The summed E-state index contributed by atoms with van der Waals surface area (Å²) in [6.07, 6.45) is 7.24. The fourth-order valence-electron chi connectivity index (χ4n) is 6.49. The maximum atomic E-state index is 6.60. The SMILES string of the molecule is CC[C@H]1O[C@@H](c2cnc3c(N(Cc4ccc(OC)cc4)C4CCCC4)nc(Cl)nc3c2)[C@H](OCc2ccccc2)[C@@H]1C. The van der Waals surface area contributed by atoms with E-state index in [-0.39, 0.29) is 29.5 Å². The van der Waals surface area contributed by atoms with E-state index >= 15 is 0 Å². The van der Waals surface area contributed by atoms with Crippen molar-refractivity contribution in [2.75, 3.05) is 12.0 Å². The van der Waals surface area contributed by atoms with E-state index in [2.05, 4.69) is 54.1 Å². The average Bonchev–Trinajstić information content (AvgIpc) is 3.67. The van der Waals surface area contributed by atoms with Crippen molar-refractivity contribution in [2.24, 2.45) is 5.92 Å². The van der Waals surface area contributed by atoms with Crippen LogP contribution in [-0.2, 0) is 22.6 Å². The first-order chi connectivity index (χ1) is 20.5. The number of nitrogens with zero attached hydrogens (tertiary/aromatic N) is 4. The summed E-state index contributed by atoms with van der Waals surface area (Å²) in [5.41, 5.74) is 4.75. The van der Waals surface area contributed by atoms with Gasteiger partial charge in [0, 0.05) is 30.3 Å². The second-order valence-electron chi connectivity index (χ2n) is 11.5. The predicted molar refractivity (Wildman–Crippen MR) is 166 cm³/mol. The van der Waals surface area contributed by atoms with Crippen LogP contribution in [0.5, 0.6) is 5.75 Å². The standard InChI is InChI=1S/C34H39ClN4O3/c1-4-29-22(2)31(41-21-24-10-6-5-7-11-24)32(42-29)25-18-28-30(36-19-25)33(38-34(35)37-28)39(26-12-8-9-13-26)20-23-14-16-27(40-3)17-15-23/h5-7,10-11,14-19,22,26,29,31-32H,4,8-9,12-13,20-21H2,1-3H3/t22-,29-,31-,32+/m1/s1. The first kappa shape index (κ1) is 28.8. The minimum Gasteiger partial charge on any atom is -0.497 e. The lowest BCUT2D eigenvalue weighted by atomic mass is 9.94. The average molecular weight is 587 g/mol. The molecule has 1 aliphatic heterocycles. The summed E-state index contributed by atoms with van der Waals surface area (Å²) >= 11 is 6.60. The van der Waals surface area contributed by atoms with E-state index in [1.807, 2.05) is 36.5 Å². The van der Waals surface area contributed by atoms with Crippen molar-refractivity contribution in [2.45, 2.75) is 83.5 Å². The van der Waals surface area contributed by atoms with Crippen LogP contribution in [0.1, 0.15) is 68.7 Å². The molecule has 2 fully saturated rings. The van der Waals surface area contributed by atoms with Gasteiger partial charge in [-0.05, 0) is 60.2 Å². The van der Waals surface area contributed by atoms with Crippen molar-refractivity contribution in [3.8, 4) is 5.75 Å². The Morgan fingerprint density at radius 1 is 1.00 bits per heavy atom. The molecule has 8 heteroatoms. The number of pyridine rings is 1. The van der Waals surface area contributed by atoms with E-state index in [1.54, 1.807) is 7.11 Å².